The molecule has 2 aromatic rings. The average molecular weight is 270 g/mol. The Balaban J connectivity index is 2.50. The first kappa shape index (κ1) is 12.7. The number of hydrogen-bond donors (Lipinski definition) is 2. The number of nitriles is 1. The zero-order valence-electron chi connectivity index (χ0n) is 9.82. The number of aromatic nitrogens is 2. The minimum atomic E-state index is 0.0103. The monoisotopic (exact) mass is 270 g/mol. The molecule has 0 atom stereocenters. The van der Waals surface area contributed by atoms with Crippen LogP contribution in [0.2, 0.25) is 0 Å². The number of hydrogen-bond acceptors (Lipinski definition) is 6. The smallest absolute Gasteiger partial charge is 0.224 e. The van der Waals surface area contributed by atoms with E-state index in [4.69, 9.17) is 28.9 Å². The summed E-state index contributed by atoms with van der Waals surface area (Å²) in [5.74, 6) is 0.0864. The Morgan fingerprint density at radius 3 is 2.63 bits per heavy atom. The number of nitrogens with zero attached hydrogens (tertiary/aromatic N) is 4. The summed E-state index contributed by atoms with van der Waals surface area (Å²) >= 11 is 5.02. The maximum Gasteiger partial charge on any atom is 0.224 e. The van der Waals surface area contributed by atoms with Crippen molar-refractivity contribution in [2.45, 2.75) is 0 Å². The highest BCUT2D eigenvalue weighted by atomic mass is 32.1. The van der Waals surface area contributed by atoms with Gasteiger partial charge in [-0.25, -0.2) is 0 Å². The Hall–Kier alpha value is -2.72. The zero-order valence-corrected chi connectivity index (χ0v) is 10.6. The van der Waals surface area contributed by atoms with Crippen molar-refractivity contribution in [1.29, 1.82) is 5.26 Å². The molecule has 1 aromatic carbocycles. The van der Waals surface area contributed by atoms with E-state index >= 15 is 0 Å². The van der Waals surface area contributed by atoms with Gasteiger partial charge < -0.3 is 11.5 Å². The van der Waals surface area contributed by atoms with E-state index in [-0.39, 0.29) is 22.0 Å². The van der Waals surface area contributed by atoms with Crippen LogP contribution in [-0.2, 0) is 0 Å². The zero-order chi connectivity index (χ0) is 13.8. The fourth-order valence-corrected chi connectivity index (χ4v) is 1.68. The maximum atomic E-state index is 8.95. The van der Waals surface area contributed by atoms with Crippen LogP contribution in [-0.4, -0.2) is 15.9 Å². The number of nitrogens with two attached hydrogens (primary N) is 2. The van der Waals surface area contributed by atoms with E-state index < -0.39 is 0 Å². The second-order valence-electron chi connectivity index (χ2n) is 3.62. The molecule has 2 rings (SSSR count). The van der Waals surface area contributed by atoms with Crippen LogP contribution in [0.5, 0.6) is 0 Å². The van der Waals surface area contributed by atoms with Crippen LogP contribution in [0.15, 0.2) is 35.4 Å². The normalized spacial score (nSPS) is 10.5. The van der Waals surface area contributed by atoms with Crippen LogP contribution >= 0.6 is 12.2 Å². The Morgan fingerprint density at radius 2 is 2.00 bits per heavy atom. The molecular formula is C12H10N6S. The van der Waals surface area contributed by atoms with Gasteiger partial charge in [-0.15, -0.1) is 0 Å². The Bertz CT molecular complexity index is 726. The first-order chi connectivity index (χ1) is 9.13. The van der Waals surface area contributed by atoms with Crippen molar-refractivity contribution in [2.24, 2.45) is 5.10 Å². The average Bonchev–Trinajstić information content (AvgIpc) is 2.39. The van der Waals surface area contributed by atoms with Crippen molar-refractivity contribution in [3.63, 3.8) is 0 Å². The van der Waals surface area contributed by atoms with Crippen molar-refractivity contribution < 1.29 is 0 Å². The standard InChI is InChI=1S/C12H10N6S/c13-6-9-10(14)17-12(19)18(11(9)15)16-7-8-4-2-1-3-5-8/h1-5,7H,15H2,(H2,14,17,19)/b16-7+. The number of nitrogen functional groups attached to an aromatic ring is 2. The summed E-state index contributed by atoms with van der Waals surface area (Å²) < 4.78 is 1.30. The molecular weight excluding hydrogens is 260 g/mol. The molecule has 0 aliphatic heterocycles. The van der Waals surface area contributed by atoms with Crippen LogP contribution in [0.25, 0.3) is 0 Å². The molecule has 6 nitrogen and oxygen atoms in total. The largest absolute Gasteiger partial charge is 0.382 e. The topological polar surface area (TPSA) is 106 Å². The predicted molar refractivity (Wildman–Crippen MR) is 76.0 cm³/mol. The third kappa shape index (κ3) is 2.59. The van der Waals surface area contributed by atoms with Crippen molar-refractivity contribution in [1.82, 2.24) is 9.66 Å². The summed E-state index contributed by atoms with van der Waals surface area (Å²) in [6.07, 6.45) is 1.57. The number of benzene rings is 1. The van der Waals surface area contributed by atoms with E-state index in [1.165, 1.54) is 4.68 Å². The van der Waals surface area contributed by atoms with Crippen LogP contribution in [0.1, 0.15) is 11.1 Å². The molecule has 4 N–H and O–H groups in total. The van der Waals surface area contributed by atoms with E-state index in [1.54, 1.807) is 6.21 Å². The fraction of sp³-hybridized carbons (Fsp3) is 0. The van der Waals surface area contributed by atoms with Crippen molar-refractivity contribution >= 4 is 30.1 Å². The van der Waals surface area contributed by atoms with Gasteiger partial charge in [-0.1, -0.05) is 30.3 Å². The molecule has 0 saturated heterocycles. The van der Waals surface area contributed by atoms with E-state index in [2.05, 4.69) is 10.1 Å². The molecule has 94 valence electrons. The molecule has 7 heteroatoms. The quantitative estimate of drug-likeness (QED) is 0.635. The fourth-order valence-electron chi connectivity index (χ4n) is 1.44. The Kier molecular flexibility index (Phi) is 3.54. The van der Waals surface area contributed by atoms with E-state index in [1.807, 2.05) is 36.4 Å². The Labute approximate surface area is 114 Å². The molecule has 0 unspecified atom stereocenters. The maximum absolute atomic E-state index is 8.95. The van der Waals surface area contributed by atoms with E-state index in [0.29, 0.717) is 0 Å². The predicted octanol–water partition coefficient (Wildman–Crippen LogP) is 1.53. The minimum Gasteiger partial charge on any atom is -0.382 e. The third-order valence-electron chi connectivity index (χ3n) is 2.37. The summed E-state index contributed by atoms with van der Waals surface area (Å²) in [4.78, 5) is 3.86. The molecule has 0 radical (unpaired) electrons. The summed E-state index contributed by atoms with van der Waals surface area (Å²) in [5.41, 5.74) is 12.3. The van der Waals surface area contributed by atoms with E-state index in [0.717, 1.165) is 5.56 Å². The van der Waals surface area contributed by atoms with Gasteiger partial charge in [-0.3, -0.25) is 0 Å². The lowest BCUT2D eigenvalue weighted by molar-refractivity contribution is 0.832. The van der Waals surface area contributed by atoms with E-state index in [9.17, 15) is 0 Å². The second kappa shape index (κ2) is 5.29. The van der Waals surface area contributed by atoms with Gasteiger partial charge in [-0.2, -0.15) is 20.0 Å². The SMILES string of the molecule is N#Cc1c(N)nc(=S)n(/N=C/c2ccccc2)c1N. The lowest BCUT2D eigenvalue weighted by Gasteiger charge is -2.07. The molecule has 19 heavy (non-hydrogen) atoms. The van der Waals surface area contributed by atoms with Crippen LogP contribution in [0.3, 0.4) is 0 Å². The molecule has 0 aliphatic carbocycles. The molecule has 0 amide bonds. The van der Waals surface area contributed by atoms with Crippen molar-refractivity contribution in [3.8, 4) is 6.07 Å². The molecule has 1 aromatic heterocycles. The highest BCUT2D eigenvalue weighted by molar-refractivity contribution is 7.71. The van der Waals surface area contributed by atoms with Gasteiger partial charge in [0.25, 0.3) is 0 Å². The third-order valence-corrected chi connectivity index (χ3v) is 2.64. The highest BCUT2D eigenvalue weighted by Gasteiger charge is 2.09. The first-order valence-electron chi connectivity index (χ1n) is 5.31. The van der Waals surface area contributed by atoms with Gasteiger partial charge in [0.2, 0.25) is 4.77 Å². The molecule has 0 saturated carbocycles. The molecule has 0 fully saturated rings. The van der Waals surface area contributed by atoms with Crippen LogP contribution in [0.4, 0.5) is 11.6 Å². The lowest BCUT2D eigenvalue weighted by atomic mass is 10.2. The van der Waals surface area contributed by atoms with Gasteiger partial charge >= 0.3 is 0 Å². The first-order valence-corrected chi connectivity index (χ1v) is 5.72. The Morgan fingerprint density at radius 1 is 1.32 bits per heavy atom. The van der Waals surface area contributed by atoms with Gasteiger partial charge in [0.1, 0.15) is 23.3 Å². The van der Waals surface area contributed by atoms with Gasteiger partial charge in [0.05, 0.1) is 6.21 Å². The van der Waals surface area contributed by atoms with Crippen LogP contribution < -0.4 is 11.5 Å². The number of anilines is 2. The molecule has 0 aliphatic rings. The number of rotatable bonds is 2. The summed E-state index contributed by atoms with van der Waals surface area (Å²) in [7, 11) is 0. The summed E-state index contributed by atoms with van der Waals surface area (Å²) in [6.45, 7) is 0. The molecule has 0 bridgehead atoms. The lowest BCUT2D eigenvalue weighted by Crippen LogP contribution is -2.10. The molecule has 1 heterocycles. The summed E-state index contributed by atoms with van der Waals surface area (Å²) in [5, 5.41) is 13.1. The van der Waals surface area contributed by atoms with Crippen molar-refractivity contribution in [3.05, 3.63) is 46.2 Å². The van der Waals surface area contributed by atoms with Gasteiger partial charge in [-0.05, 0) is 17.8 Å². The van der Waals surface area contributed by atoms with Crippen molar-refractivity contribution in [2.75, 3.05) is 11.5 Å². The van der Waals surface area contributed by atoms with Gasteiger partial charge in [0, 0.05) is 0 Å². The van der Waals surface area contributed by atoms with Gasteiger partial charge in [0.15, 0.2) is 0 Å². The van der Waals surface area contributed by atoms with Crippen LogP contribution in [0, 0.1) is 16.1 Å². The second-order valence-corrected chi connectivity index (χ2v) is 3.98. The molecule has 0 spiro atoms. The highest BCUT2D eigenvalue weighted by Crippen LogP contribution is 2.16. The minimum absolute atomic E-state index is 0.0103. The summed E-state index contributed by atoms with van der Waals surface area (Å²) in [6, 6.07) is 11.3.